The molecule has 10 nitrogen and oxygen atoms in total. The Hall–Kier alpha value is -2.33. The average Bonchev–Trinajstić information content (AvgIpc) is 3.18. The van der Waals surface area contributed by atoms with Crippen LogP contribution in [0.1, 0.15) is 142 Å². The van der Waals surface area contributed by atoms with Gasteiger partial charge in [0.2, 0.25) is 5.76 Å². The van der Waals surface area contributed by atoms with Gasteiger partial charge in [0.1, 0.15) is 6.10 Å². The molecule has 40 heavy (non-hydrogen) atoms. The molecule has 1 heterocycles. The van der Waals surface area contributed by atoms with Crippen LogP contribution in [0.15, 0.2) is 11.5 Å². The standard InChI is InChI=1S/2C12H24O2.C6H8O6/c2*1-2-3-4-5-6-7-8-9-10-11-12(13)14;7-1-2(8)5-3(9)4(10)6(11)12-5/h2*2-11H2,1H3,(H,13,14);2,5,7-10H,1H2/t;;2-,5+/m..0/s1. The van der Waals surface area contributed by atoms with Gasteiger partial charge in [-0.2, -0.15) is 0 Å². The lowest BCUT2D eigenvalue weighted by Crippen LogP contribution is -2.31. The van der Waals surface area contributed by atoms with Gasteiger partial charge in [0.15, 0.2) is 11.9 Å². The number of unbranched alkanes of at least 4 members (excludes halogenated alkanes) is 16. The van der Waals surface area contributed by atoms with E-state index in [4.69, 9.17) is 30.6 Å². The summed E-state index contributed by atoms with van der Waals surface area (Å²) in [7, 11) is 0. The third kappa shape index (κ3) is 24.7. The van der Waals surface area contributed by atoms with E-state index in [0.717, 1.165) is 25.7 Å². The highest BCUT2D eigenvalue weighted by molar-refractivity contribution is 5.89. The van der Waals surface area contributed by atoms with E-state index < -0.39 is 48.2 Å². The van der Waals surface area contributed by atoms with Gasteiger partial charge < -0.3 is 35.4 Å². The van der Waals surface area contributed by atoms with Gasteiger partial charge in [0.05, 0.1) is 6.61 Å². The predicted molar refractivity (Wildman–Crippen MR) is 154 cm³/mol. The first-order chi connectivity index (χ1) is 19.1. The summed E-state index contributed by atoms with van der Waals surface area (Å²) in [4.78, 5) is 30.9. The zero-order chi connectivity index (χ0) is 30.6. The van der Waals surface area contributed by atoms with Gasteiger partial charge in [-0.3, -0.25) is 9.59 Å². The van der Waals surface area contributed by atoms with E-state index in [0.29, 0.717) is 12.8 Å². The highest BCUT2D eigenvalue weighted by Gasteiger charge is 2.38. The maximum Gasteiger partial charge on any atom is 0.377 e. The quantitative estimate of drug-likeness (QED) is 0.0608. The minimum absolute atomic E-state index is 0.343. The van der Waals surface area contributed by atoms with Crippen LogP contribution in [-0.4, -0.2) is 67.4 Å². The second-order valence-corrected chi connectivity index (χ2v) is 10.3. The molecule has 0 aromatic carbocycles. The number of hydrogen-bond acceptors (Lipinski definition) is 8. The van der Waals surface area contributed by atoms with Crippen LogP contribution in [0.5, 0.6) is 0 Å². The van der Waals surface area contributed by atoms with Crippen LogP contribution in [-0.2, 0) is 19.1 Å². The monoisotopic (exact) mass is 576 g/mol. The van der Waals surface area contributed by atoms with Crippen molar-refractivity contribution in [3.05, 3.63) is 11.5 Å². The maximum atomic E-state index is 10.5. The summed E-state index contributed by atoms with van der Waals surface area (Å²) in [6.07, 6.45) is 20.2. The third-order valence-electron chi connectivity index (χ3n) is 6.46. The number of carboxylic acid groups (broad SMARTS) is 2. The fraction of sp³-hybridized carbons (Fsp3) is 0.833. The number of carboxylic acids is 2. The number of hydrogen-bond donors (Lipinski definition) is 6. The Labute approximate surface area is 240 Å². The van der Waals surface area contributed by atoms with Crippen molar-refractivity contribution in [3.8, 4) is 0 Å². The van der Waals surface area contributed by atoms with Crippen LogP contribution in [0, 0.1) is 0 Å². The number of ether oxygens (including phenoxy) is 1. The molecule has 0 aromatic heterocycles. The van der Waals surface area contributed by atoms with Crippen LogP contribution in [0.3, 0.4) is 0 Å². The van der Waals surface area contributed by atoms with Crippen molar-refractivity contribution >= 4 is 17.9 Å². The molecule has 0 radical (unpaired) electrons. The molecule has 1 aliphatic heterocycles. The fourth-order valence-corrected chi connectivity index (χ4v) is 4.00. The zero-order valence-corrected chi connectivity index (χ0v) is 24.8. The Morgan fingerprint density at radius 1 is 0.675 bits per heavy atom. The lowest BCUT2D eigenvalue weighted by molar-refractivity contribution is -0.147. The molecule has 2 atom stereocenters. The Morgan fingerprint density at radius 3 is 1.25 bits per heavy atom. The summed E-state index contributed by atoms with van der Waals surface area (Å²) in [5.41, 5.74) is 0. The molecule has 1 rings (SSSR count). The average molecular weight is 577 g/mol. The lowest BCUT2D eigenvalue weighted by Gasteiger charge is -2.13. The molecule has 10 heteroatoms. The van der Waals surface area contributed by atoms with Crippen molar-refractivity contribution in [1.82, 2.24) is 0 Å². The Balaban J connectivity index is 0. The van der Waals surface area contributed by atoms with Crippen LogP contribution in [0.25, 0.3) is 0 Å². The second-order valence-electron chi connectivity index (χ2n) is 10.3. The molecule has 0 fully saturated rings. The van der Waals surface area contributed by atoms with E-state index in [-0.39, 0.29) is 0 Å². The SMILES string of the molecule is CCCCCCCCCCCC(=O)O.CCCCCCCCCCCC(=O)O.O=C1O[C@H]([C@@H](O)CO)C(O)=C1O. The largest absolute Gasteiger partial charge is 0.505 e. The van der Waals surface area contributed by atoms with Crippen molar-refractivity contribution in [3.63, 3.8) is 0 Å². The summed E-state index contributed by atoms with van der Waals surface area (Å²) in [5.74, 6) is -4.10. The number of carbonyl (C=O) groups is 3. The lowest BCUT2D eigenvalue weighted by atomic mass is 10.1. The van der Waals surface area contributed by atoms with Gasteiger partial charge in [0, 0.05) is 12.8 Å². The molecule has 0 aromatic rings. The normalized spacial score (nSPS) is 15.0. The number of carbonyl (C=O) groups excluding carboxylic acids is 1. The first-order valence-electron chi connectivity index (χ1n) is 15.2. The first kappa shape index (κ1) is 39.8. The molecular formula is C30H56O10. The molecule has 0 saturated heterocycles. The molecule has 1 aliphatic rings. The summed E-state index contributed by atoms with van der Waals surface area (Å²) < 4.78 is 4.32. The van der Waals surface area contributed by atoms with E-state index in [1.807, 2.05) is 0 Å². The summed E-state index contributed by atoms with van der Waals surface area (Å²) in [5, 5.41) is 51.9. The number of cyclic esters (lactones) is 1. The smallest absolute Gasteiger partial charge is 0.377 e. The molecule has 0 saturated carbocycles. The minimum Gasteiger partial charge on any atom is -0.505 e. The molecule has 0 spiro atoms. The maximum absolute atomic E-state index is 10.5. The summed E-state index contributed by atoms with van der Waals surface area (Å²) >= 11 is 0. The van der Waals surface area contributed by atoms with E-state index in [9.17, 15) is 14.4 Å². The Kier molecular flexibility index (Phi) is 28.1. The van der Waals surface area contributed by atoms with Crippen molar-refractivity contribution < 1.29 is 49.8 Å². The molecule has 0 aliphatic carbocycles. The van der Waals surface area contributed by atoms with Crippen LogP contribution >= 0.6 is 0 Å². The van der Waals surface area contributed by atoms with E-state index in [1.165, 1.54) is 89.9 Å². The van der Waals surface area contributed by atoms with Crippen molar-refractivity contribution in [1.29, 1.82) is 0 Å². The minimum atomic E-state index is -1.42. The van der Waals surface area contributed by atoms with Crippen molar-refractivity contribution in [2.45, 2.75) is 154 Å². The van der Waals surface area contributed by atoms with Gasteiger partial charge in [-0.25, -0.2) is 4.79 Å². The number of aliphatic hydroxyl groups is 4. The van der Waals surface area contributed by atoms with Crippen LogP contribution < -0.4 is 0 Å². The summed E-state index contributed by atoms with van der Waals surface area (Å²) in [6.45, 7) is 3.78. The Morgan fingerprint density at radius 2 is 1.00 bits per heavy atom. The molecular weight excluding hydrogens is 520 g/mol. The zero-order valence-electron chi connectivity index (χ0n) is 24.8. The third-order valence-corrected chi connectivity index (χ3v) is 6.46. The number of esters is 1. The van der Waals surface area contributed by atoms with Crippen LogP contribution in [0.2, 0.25) is 0 Å². The van der Waals surface area contributed by atoms with Gasteiger partial charge >= 0.3 is 17.9 Å². The molecule has 0 bridgehead atoms. The summed E-state index contributed by atoms with van der Waals surface area (Å²) in [6, 6.07) is 0. The molecule has 6 N–H and O–H groups in total. The first-order valence-corrected chi connectivity index (χ1v) is 15.2. The van der Waals surface area contributed by atoms with Gasteiger partial charge in [-0.15, -0.1) is 0 Å². The highest BCUT2D eigenvalue weighted by atomic mass is 16.6. The van der Waals surface area contributed by atoms with Crippen LogP contribution in [0.4, 0.5) is 0 Å². The molecule has 0 amide bonds. The van der Waals surface area contributed by atoms with E-state index in [1.54, 1.807) is 0 Å². The van der Waals surface area contributed by atoms with Crippen molar-refractivity contribution in [2.24, 2.45) is 0 Å². The van der Waals surface area contributed by atoms with Crippen molar-refractivity contribution in [2.75, 3.05) is 6.61 Å². The molecule has 0 unspecified atom stereocenters. The molecule has 236 valence electrons. The van der Waals surface area contributed by atoms with E-state index in [2.05, 4.69) is 18.6 Å². The topological polar surface area (TPSA) is 182 Å². The van der Waals surface area contributed by atoms with E-state index >= 15 is 0 Å². The Bertz CT molecular complexity index is 645. The predicted octanol–water partition coefficient (Wildman–Crippen LogP) is 6.58. The van der Waals surface area contributed by atoms with Gasteiger partial charge in [-0.1, -0.05) is 117 Å². The fourth-order valence-electron chi connectivity index (χ4n) is 4.00. The number of rotatable bonds is 22. The second kappa shape index (κ2) is 28.2. The number of aliphatic hydroxyl groups excluding tert-OH is 4. The highest BCUT2D eigenvalue weighted by Crippen LogP contribution is 2.21. The van der Waals surface area contributed by atoms with Gasteiger partial charge in [0.25, 0.3) is 0 Å². The van der Waals surface area contributed by atoms with Gasteiger partial charge in [-0.05, 0) is 12.8 Å². The number of aliphatic carboxylic acids is 2.